The molecular formula is C22H24N2O4. The van der Waals surface area contributed by atoms with E-state index in [9.17, 15) is 14.4 Å². The summed E-state index contributed by atoms with van der Waals surface area (Å²) < 4.78 is 5.41. The van der Waals surface area contributed by atoms with E-state index in [0.717, 1.165) is 12.1 Å². The Balaban J connectivity index is 1.70. The number of anilines is 2. The third-order valence-corrected chi connectivity index (χ3v) is 4.75. The minimum Gasteiger partial charge on any atom is -0.449 e. The SMILES string of the molecule is CCN(C(=O)[C@@H](C)OC(=O)c1cccc(N2CCCC2=O)c1)c1ccccc1. The standard InChI is InChI=1S/C22H24N2O4/c1-3-23(18-10-5-4-6-11-18)21(26)16(2)28-22(27)17-9-7-12-19(15-17)24-14-8-13-20(24)25/h4-7,9-12,15-16H,3,8,13-14H2,1-2H3/t16-/m1/s1. The molecule has 3 rings (SSSR count). The molecule has 2 aromatic carbocycles. The highest BCUT2D eigenvalue weighted by molar-refractivity contribution is 6.00. The third-order valence-electron chi connectivity index (χ3n) is 4.75. The Labute approximate surface area is 164 Å². The van der Waals surface area contributed by atoms with Gasteiger partial charge in [0.25, 0.3) is 5.91 Å². The van der Waals surface area contributed by atoms with Crippen LogP contribution < -0.4 is 9.80 Å². The first-order valence-electron chi connectivity index (χ1n) is 9.49. The van der Waals surface area contributed by atoms with Crippen LogP contribution in [0.4, 0.5) is 11.4 Å². The summed E-state index contributed by atoms with van der Waals surface area (Å²) >= 11 is 0. The van der Waals surface area contributed by atoms with E-state index in [4.69, 9.17) is 4.74 Å². The number of hydrogen-bond donors (Lipinski definition) is 0. The summed E-state index contributed by atoms with van der Waals surface area (Å²) in [6.45, 7) is 4.56. The predicted octanol–water partition coefficient (Wildman–Crippen LogP) is 3.41. The fraction of sp³-hybridized carbons (Fsp3) is 0.318. The molecule has 1 aliphatic rings. The molecule has 2 aromatic rings. The Morgan fingerprint density at radius 3 is 2.54 bits per heavy atom. The van der Waals surface area contributed by atoms with Crippen molar-refractivity contribution in [1.29, 1.82) is 0 Å². The average Bonchev–Trinajstić information content (AvgIpc) is 3.15. The first kappa shape index (κ1) is 19.6. The highest BCUT2D eigenvalue weighted by atomic mass is 16.5. The fourth-order valence-electron chi connectivity index (χ4n) is 3.29. The Morgan fingerprint density at radius 2 is 1.89 bits per heavy atom. The highest BCUT2D eigenvalue weighted by Gasteiger charge is 2.26. The zero-order valence-electron chi connectivity index (χ0n) is 16.1. The van der Waals surface area contributed by atoms with Gasteiger partial charge in [-0.25, -0.2) is 4.79 Å². The van der Waals surface area contributed by atoms with Crippen LogP contribution in [0.5, 0.6) is 0 Å². The van der Waals surface area contributed by atoms with Gasteiger partial charge in [0, 0.05) is 30.9 Å². The molecule has 28 heavy (non-hydrogen) atoms. The largest absolute Gasteiger partial charge is 0.449 e. The topological polar surface area (TPSA) is 66.9 Å². The number of para-hydroxylation sites is 1. The van der Waals surface area contributed by atoms with Gasteiger partial charge in [0.15, 0.2) is 6.10 Å². The van der Waals surface area contributed by atoms with Gasteiger partial charge in [0.05, 0.1) is 5.56 Å². The number of likely N-dealkylation sites (N-methyl/N-ethyl adjacent to an activating group) is 1. The summed E-state index contributed by atoms with van der Waals surface area (Å²) in [4.78, 5) is 40.5. The number of nitrogens with zero attached hydrogens (tertiary/aromatic N) is 2. The molecule has 1 aliphatic heterocycles. The fourth-order valence-corrected chi connectivity index (χ4v) is 3.29. The molecule has 1 fully saturated rings. The normalized spacial score (nSPS) is 14.6. The third kappa shape index (κ3) is 4.22. The number of carbonyl (C=O) groups excluding carboxylic acids is 3. The van der Waals surface area contributed by atoms with Crippen LogP contribution in [-0.4, -0.2) is 37.0 Å². The van der Waals surface area contributed by atoms with E-state index in [-0.39, 0.29) is 11.8 Å². The van der Waals surface area contributed by atoms with Crippen molar-refractivity contribution in [1.82, 2.24) is 0 Å². The number of rotatable bonds is 6. The maximum Gasteiger partial charge on any atom is 0.338 e. The van der Waals surface area contributed by atoms with E-state index in [1.54, 1.807) is 41.0 Å². The van der Waals surface area contributed by atoms with Gasteiger partial charge in [-0.15, -0.1) is 0 Å². The van der Waals surface area contributed by atoms with E-state index in [2.05, 4.69) is 0 Å². The van der Waals surface area contributed by atoms with Crippen molar-refractivity contribution in [2.45, 2.75) is 32.8 Å². The smallest absolute Gasteiger partial charge is 0.338 e. The van der Waals surface area contributed by atoms with Crippen molar-refractivity contribution in [2.75, 3.05) is 22.9 Å². The maximum absolute atomic E-state index is 12.8. The van der Waals surface area contributed by atoms with Gasteiger partial charge in [-0.1, -0.05) is 24.3 Å². The Morgan fingerprint density at radius 1 is 1.14 bits per heavy atom. The lowest BCUT2D eigenvalue weighted by molar-refractivity contribution is -0.126. The van der Waals surface area contributed by atoms with Crippen LogP contribution in [0.3, 0.4) is 0 Å². The van der Waals surface area contributed by atoms with Crippen LogP contribution in [0.15, 0.2) is 54.6 Å². The van der Waals surface area contributed by atoms with E-state index in [1.165, 1.54) is 0 Å². The quantitative estimate of drug-likeness (QED) is 0.721. The lowest BCUT2D eigenvalue weighted by Gasteiger charge is -2.24. The molecule has 0 radical (unpaired) electrons. The van der Waals surface area contributed by atoms with E-state index in [0.29, 0.717) is 30.8 Å². The molecule has 2 amide bonds. The molecular weight excluding hydrogens is 356 g/mol. The van der Waals surface area contributed by atoms with E-state index >= 15 is 0 Å². The molecule has 146 valence electrons. The molecule has 0 N–H and O–H groups in total. The summed E-state index contributed by atoms with van der Waals surface area (Å²) in [6.07, 6.45) is 0.405. The molecule has 6 nitrogen and oxygen atoms in total. The lowest BCUT2D eigenvalue weighted by Crippen LogP contribution is -2.40. The number of hydrogen-bond acceptors (Lipinski definition) is 4. The lowest BCUT2D eigenvalue weighted by atomic mass is 10.2. The molecule has 1 atom stereocenters. The summed E-state index contributed by atoms with van der Waals surface area (Å²) in [5.74, 6) is -0.818. The Bertz CT molecular complexity index is 866. The highest BCUT2D eigenvalue weighted by Crippen LogP contribution is 2.23. The van der Waals surface area contributed by atoms with Gasteiger partial charge >= 0.3 is 5.97 Å². The molecule has 0 unspecified atom stereocenters. The van der Waals surface area contributed by atoms with Gasteiger partial charge in [-0.2, -0.15) is 0 Å². The minimum atomic E-state index is -0.926. The zero-order valence-corrected chi connectivity index (χ0v) is 16.1. The molecule has 6 heteroatoms. The molecule has 0 saturated carbocycles. The van der Waals surface area contributed by atoms with Crippen molar-refractivity contribution in [3.63, 3.8) is 0 Å². The molecule has 0 aliphatic carbocycles. The van der Waals surface area contributed by atoms with Crippen molar-refractivity contribution in [3.8, 4) is 0 Å². The van der Waals surface area contributed by atoms with E-state index in [1.807, 2.05) is 37.3 Å². The number of benzene rings is 2. The maximum atomic E-state index is 12.8. The predicted molar refractivity (Wildman–Crippen MR) is 107 cm³/mol. The van der Waals surface area contributed by atoms with Gasteiger partial charge in [0.1, 0.15) is 0 Å². The summed E-state index contributed by atoms with van der Waals surface area (Å²) in [6, 6.07) is 16.0. The number of ether oxygens (including phenoxy) is 1. The number of carbonyl (C=O) groups is 3. The second kappa shape index (κ2) is 8.69. The molecule has 0 bridgehead atoms. The van der Waals surface area contributed by atoms with Gasteiger partial charge in [0.2, 0.25) is 5.91 Å². The van der Waals surface area contributed by atoms with E-state index < -0.39 is 12.1 Å². The number of esters is 1. The van der Waals surface area contributed by atoms with Crippen LogP contribution in [0.1, 0.15) is 37.0 Å². The number of amides is 2. The summed E-state index contributed by atoms with van der Waals surface area (Å²) in [5, 5.41) is 0. The van der Waals surface area contributed by atoms with Crippen molar-refractivity contribution in [2.24, 2.45) is 0 Å². The monoisotopic (exact) mass is 380 g/mol. The molecule has 0 aromatic heterocycles. The van der Waals surface area contributed by atoms with Crippen molar-refractivity contribution >= 4 is 29.2 Å². The summed E-state index contributed by atoms with van der Waals surface area (Å²) in [7, 11) is 0. The molecule has 0 spiro atoms. The molecule has 1 heterocycles. The Hall–Kier alpha value is -3.15. The second-order valence-corrected chi connectivity index (χ2v) is 6.66. The first-order chi connectivity index (χ1) is 13.5. The molecule has 1 saturated heterocycles. The van der Waals surface area contributed by atoms with Gasteiger partial charge < -0.3 is 14.5 Å². The van der Waals surface area contributed by atoms with Gasteiger partial charge in [-0.3, -0.25) is 9.59 Å². The second-order valence-electron chi connectivity index (χ2n) is 6.66. The van der Waals surface area contributed by atoms with Crippen molar-refractivity contribution in [3.05, 3.63) is 60.2 Å². The zero-order chi connectivity index (χ0) is 20.1. The Kier molecular flexibility index (Phi) is 6.09. The average molecular weight is 380 g/mol. The summed E-state index contributed by atoms with van der Waals surface area (Å²) in [5.41, 5.74) is 1.75. The van der Waals surface area contributed by atoms with Crippen molar-refractivity contribution < 1.29 is 19.1 Å². The van der Waals surface area contributed by atoms with Crippen LogP contribution >= 0.6 is 0 Å². The van der Waals surface area contributed by atoms with Gasteiger partial charge in [-0.05, 0) is 50.6 Å². The minimum absolute atomic E-state index is 0.0514. The van der Waals surface area contributed by atoms with Crippen LogP contribution in [0.2, 0.25) is 0 Å². The first-order valence-corrected chi connectivity index (χ1v) is 9.49. The van der Waals surface area contributed by atoms with Crippen LogP contribution in [0.25, 0.3) is 0 Å². The van der Waals surface area contributed by atoms with Crippen LogP contribution in [-0.2, 0) is 14.3 Å². The van der Waals surface area contributed by atoms with Crippen LogP contribution in [0, 0.1) is 0 Å².